The van der Waals surface area contributed by atoms with E-state index in [1.54, 1.807) is 0 Å². The van der Waals surface area contributed by atoms with Crippen LogP contribution in [0.5, 0.6) is 0 Å². The molecule has 19 heavy (non-hydrogen) atoms. The molecule has 4 rings (SSSR count). The van der Waals surface area contributed by atoms with E-state index < -0.39 is 0 Å². The standard InChI is InChI=1S/C16H24O3/c1-9(2)10(3)15(18)19-16-6-11-4-12(7-16)14(17)13(5-11)8-16/h9-13H,4-8H2,1-3H3. The Bertz CT molecular complexity index is 394. The maximum atomic E-state index is 12.2. The Morgan fingerprint density at radius 3 is 2.26 bits per heavy atom. The molecule has 0 saturated heterocycles. The Kier molecular flexibility index (Phi) is 2.99. The van der Waals surface area contributed by atoms with Crippen LogP contribution in [0.25, 0.3) is 0 Å². The number of ketones is 1. The SMILES string of the molecule is CC(C)C(C)C(=O)OC12CC3CC(C1)C(=O)C(C3)C2. The van der Waals surface area contributed by atoms with Crippen molar-refractivity contribution in [1.82, 2.24) is 0 Å². The smallest absolute Gasteiger partial charge is 0.309 e. The molecule has 0 aromatic rings. The molecule has 106 valence electrons. The Morgan fingerprint density at radius 2 is 1.74 bits per heavy atom. The fourth-order valence-corrected chi connectivity index (χ4v) is 4.38. The van der Waals surface area contributed by atoms with Gasteiger partial charge in [0.2, 0.25) is 0 Å². The number of hydrogen-bond donors (Lipinski definition) is 0. The van der Waals surface area contributed by atoms with Crippen LogP contribution < -0.4 is 0 Å². The number of Topliss-reactive ketones (excluding diaryl/α,β-unsaturated/α-hetero) is 1. The summed E-state index contributed by atoms with van der Waals surface area (Å²) in [6.07, 6.45) is 4.64. The summed E-state index contributed by atoms with van der Waals surface area (Å²) in [4.78, 5) is 24.3. The van der Waals surface area contributed by atoms with Gasteiger partial charge in [-0.2, -0.15) is 0 Å². The van der Waals surface area contributed by atoms with Crippen molar-refractivity contribution in [3.63, 3.8) is 0 Å². The van der Waals surface area contributed by atoms with E-state index in [9.17, 15) is 9.59 Å². The van der Waals surface area contributed by atoms with Gasteiger partial charge in [0.15, 0.2) is 0 Å². The Morgan fingerprint density at radius 1 is 1.16 bits per heavy atom. The Hall–Kier alpha value is -0.860. The van der Waals surface area contributed by atoms with Gasteiger partial charge in [-0.25, -0.2) is 0 Å². The molecule has 4 aliphatic carbocycles. The molecular weight excluding hydrogens is 240 g/mol. The highest BCUT2D eigenvalue weighted by Crippen LogP contribution is 2.55. The highest BCUT2D eigenvalue weighted by atomic mass is 16.6. The molecule has 4 aliphatic rings. The van der Waals surface area contributed by atoms with E-state index in [1.807, 2.05) is 6.92 Å². The normalized spacial score (nSPS) is 41.7. The minimum atomic E-state index is -0.301. The van der Waals surface area contributed by atoms with Crippen LogP contribution in [0.3, 0.4) is 0 Å². The first-order chi connectivity index (χ1) is 8.90. The molecule has 0 aromatic heterocycles. The van der Waals surface area contributed by atoms with Crippen LogP contribution in [-0.4, -0.2) is 17.4 Å². The number of hydrogen-bond acceptors (Lipinski definition) is 3. The second-order valence-corrected chi connectivity index (χ2v) is 7.38. The zero-order valence-electron chi connectivity index (χ0n) is 12.1. The molecule has 3 nitrogen and oxygen atoms in total. The van der Waals surface area contributed by atoms with Gasteiger partial charge >= 0.3 is 5.97 Å². The molecule has 0 heterocycles. The van der Waals surface area contributed by atoms with Gasteiger partial charge in [0.25, 0.3) is 0 Å². The molecule has 4 fully saturated rings. The maximum absolute atomic E-state index is 12.2. The lowest BCUT2D eigenvalue weighted by molar-refractivity contribution is -0.193. The van der Waals surface area contributed by atoms with Gasteiger partial charge in [-0.3, -0.25) is 9.59 Å². The first-order valence-corrected chi connectivity index (χ1v) is 7.67. The van der Waals surface area contributed by atoms with Gasteiger partial charge in [-0.15, -0.1) is 0 Å². The van der Waals surface area contributed by atoms with E-state index in [4.69, 9.17) is 4.74 Å². The maximum Gasteiger partial charge on any atom is 0.309 e. The van der Waals surface area contributed by atoms with Crippen LogP contribution in [0, 0.1) is 29.6 Å². The van der Waals surface area contributed by atoms with E-state index in [0.717, 1.165) is 32.1 Å². The second-order valence-electron chi connectivity index (χ2n) is 7.38. The van der Waals surface area contributed by atoms with Crippen molar-refractivity contribution in [2.45, 2.75) is 58.5 Å². The van der Waals surface area contributed by atoms with Crippen molar-refractivity contribution in [3.8, 4) is 0 Å². The van der Waals surface area contributed by atoms with E-state index in [2.05, 4.69) is 13.8 Å². The molecule has 0 aromatic carbocycles. The van der Waals surface area contributed by atoms with E-state index in [1.165, 1.54) is 0 Å². The summed E-state index contributed by atoms with van der Waals surface area (Å²) in [5.74, 6) is 1.59. The molecule has 3 atom stereocenters. The average Bonchev–Trinajstić information content (AvgIpc) is 2.33. The largest absolute Gasteiger partial charge is 0.459 e. The lowest BCUT2D eigenvalue weighted by atomic mass is 9.53. The number of carbonyl (C=O) groups is 2. The molecule has 0 spiro atoms. The van der Waals surface area contributed by atoms with Gasteiger partial charge in [0, 0.05) is 11.8 Å². The van der Waals surface area contributed by atoms with Gasteiger partial charge in [-0.1, -0.05) is 20.8 Å². The van der Waals surface area contributed by atoms with Crippen LogP contribution in [0.2, 0.25) is 0 Å². The van der Waals surface area contributed by atoms with Gasteiger partial charge < -0.3 is 4.74 Å². The van der Waals surface area contributed by atoms with Crippen LogP contribution in [0.15, 0.2) is 0 Å². The van der Waals surface area contributed by atoms with Crippen molar-refractivity contribution >= 4 is 11.8 Å². The summed E-state index contributed by atoms with van der Waals surface area (Å²) in [5, 5.41) is 0. The van der Waals surface area contributed by atoms with Crippen molar-refractivity contribution < 1.29 is 14.3 Å². The fraction of sp³-hybridized carbons (Fsp3) is 0.875. The number of carbonyl (C=O) groups excluding carboxylic acids is 2. The predicted octanol–water partition coefficient (Wildman–Crippen LogP) is 2.97. The van der Waals surface area contributed by atoms with Crippen LogP contribution >= 0.6 is 0 Å². The van der Waals surface area contributed by atoms with Crippen LogP contribution in [-0.2, 0) is 14.3 Å². The predicted molar refractivity (Wildman–Crippen MR) is 71.4 cm³/mol. The summed E-state index contributed by atoms with van der Waals surface area (Å²) in [6.45, 7) is 6.04. The van der Waals surface area contributed by atoms with E-state index in [-0.39, 0.29) is 29.3 Å². The number of rotatable bonds is 3. The molecule has 3 unspecified atom stereocenters. The molecule has 3 heteroatoms. The summed E-state index contributed by atoms with van der Waals surface area (Å²) >= 11 is 0. The highest BCUT2D eigenvalue weighted by molar-refractivity contribution is 5.86. The zero-order chi connectivity index (χ0) is 13.8. The number of ether oxygens (including phenoxy) is 1. The first kappa shape index (κ1) is 13.1. The fourth-order valence-electron chi connectivity index (χ4n) is 4.38. The van der Waals surface area contributed by atoms with Gasteiger partial charge in [0.05, 0.1) is 5.92 Å². The third-order valence-corrected chi connectivity index (χ3v) is 5.63. The lowest BCUT2D eigenvalue weighted by Gasteiger charge is -2.54. The van der Waals surface area contributed by atoms with Crippen LogP contribution in [0.4, 0.5) is 0 Å². The summed E-state index contributed by atoms with van der Waals surface area (Å²) in [5.41, 5.74) is -0.301. The second kappa shape index (κ2) is 4.32. The minimum Gasteiger partial charge on any atom is -0.459 e. The molecule has 0 aliphatic heterocycles. The molecule has 0 amide bonds. The van der Waals surface area contributed by atoms with Crippen molar-refractivity contribution in [3.05, 3.63) is 0 Å². The topological polar surface area (TPSA) is 43.4 Å². The van der Waals surface area contributed by atoms with Gasteiger partial charge in [0.1, 0.15) is 11.4 Å². The molecular formula is C16H24O3. The minimum absolute atomic E-state index is 0.0521. The monoisotopic (exact) mass is 264 g/mol. The molecule has 0 N–H and O–H groups in total. The Balaban J connectivity index is 1.75. The van der Waals surface area contributed by atoms with Crippen LogP contribution in [0.1, 0.15) is 52.9 Å². The first-order valence-electron chi connectivity index (χ1n) is 7.67. The van der Waals surface area contributed by atoms with Crippen molar-refractivity contribution in [2.24, 2.45) is 29.6 Å². The van der Waals surface area contributed by atoms with Crippen molar-refractivity contribution in [2.75, 3.05) is 0 Å². The third kappa shape index (κ3) is 2.11. The lowest BCUT2D eigenvalue weighted by Crippen LogP contribution is -2.57. The van der Waals surface area contributed by atoms with E-state index in [0.29, 0.717) is 17.6 Å². The molecule has 0 radical (unpaired) electrons. The van der Waals surface area contributed by atoms with E-state index >= 15 is 0 Å². The molecule has 4 bridgehead atoms. The summed E-state index contributed by atoms with van der Waals surface area (Å²) in [7, 11) is 0. The van der Waals surface area contributed by atoms with Gasteiger partial charge in [-0.05, 0) is 43.9 Å². The summed E-state index contributed by atoms with van der Waals surface area (Å²) < 4.78 is 5.93. The third-order valence-electron chi connectivity index (χ3n) is 5.63. The Labute approximate surface area is 115 Å². The quantitative estimate of drug-likeness (QED) is 0.736. The summed E-state index contributed by atoms with van der Waals surface area (Å²) in [6, 6.07) is 0. The number of esters is 1. The van der Waals surface area contributed by atoms with Crippen molar-refractivity contribution in [1.29, 1.82) is 0 Å². The highest BCUT2D eigenvalue weighted by Gasteiger charge is 2.57. The molecule has 4 saturated carbocycles. The zero-order valence-corrected chi connectivity index (χ0v) is 12.1. The average molecular weight is 264 g/mol.